The molecule has 2 atom stereocenters. The molecule has 2 aliphatic rings. The molecule has 1 aliphatic heterocycles. The second-order valence-corrected chi connectivity index (χ2v) is 6.94. The molecule has 4 nitrogen and oxygen atoms in total. The van der Waals surface area contributed by atoms with Crippen molar-refractivity contribution in [2.75, 3.05) is 18.6 Å². The molecule has 2 rings (SSSR count). The Morgan fingerprint density at radius 2 is 2.00 bits per heavy atom. The zero-order valence-electron chi connectivity index (χ0n) is 12.6. The van der Waals surface area contributed by atoms with Gasteiger partial charge < -0.3 is 10.2 Å². The Hall–Kier alpha value is -0.710. The summed E-state index contributed by atoms with van der Waals surface area (Å²) in [5.41, 5.74) is 0. The van der Waals surface area contributed by atoms with Crippen LogP contribution in [-0.2, 0) is 9.59 Å². The third-order valence-corrected chi connectivity index (χ3v) is 5.32. The summed E-state index contributed by atoms with van der Waals surface area (Å²) < 4.78 is 0. The molecule has 0 aromatic carbocycles. The minimum absolute atomic E-state index is 0.0350. The van der Waals surface area contributed by atoms with Gasteiger partial charge in [0.1, 0.15) is 6.04 Å². The molecule has 1 saturated heterocycles. The highest BCUT2D eigenvalue weighted by molar-refractivity contribution is 7.98. The molecule has 0 aromatic heterocycles. The molecule has 2 fully saturated rings. The summed E-state index contributed by atoms with van der Waals surface area (Å²) >= 11 is 1.75. The first-order chi connectivity index (χ1) is 9.63. The van der Waals surface area contributed by atoms with Crippen LogP contribution in [0.5, 0.6) is 0 Å². The Bertz CT molecular complexity index is 356. The van der Waals surface area contributed by atoms with Crippen molar-refractivity contribution in [3.8, 4) is 0 Å². The quantitative estimate of drug-likeness (QED) is 0.864. The van der Waals surface area contributed by atoms with Crippen LogP contribution in [0, 0.1) is 5.92 Å². The van der Waals surface area contributed by atoms with Crippen molar-refractivity contribution in [2.24, 2.45) is 5.92 Å². The number of nitrogens with zero attached hydrogens (tertiary/aromatic N) is 1. The van der Waals surface area contributed by atoms with Crippen LogP contribution in [0.1, 0.15) is 45.4 Å². The van der Waals surface area contributed by atoms with E-state index in [1.54, 1.807) is 11.8 Å². The van der Waals surface area contributed by atoms with Gasteiger partial charge in [-0.25, -0.2) is 0 Å². The van der Waals surface area contributed by atoms with Crippen LogP contribution in [-0.4, -0.2) is 47.4 Å². The first-order valence-electron chi connectivity index (χ1n) is 7.72. The highest BCUT2D eigenvalue weighted by atomic mass is 32.2. The molecule has 1 heterocycles. The molecule has 0 spiro atoms. The largest absolute Gasteiger partial charge is 0.344 e. The number of rotatable bonds is 4. The van der Waals surface area contributed by atoms with Gasteiger partial charge >= 0.3 is 0 Å². The van der Waals surface area contributed by atoms with E-state index in [-0.39, 0.29) is 23.9 Å². The maximum Gasteiger partial charge on any atom is 0.245 e. The smallest absolute Gasteiger partial charge is 0.245 e. The molecular weight excluding hydrogens is 272 g/mol. The molecule has 2 unspecified atom stereocenters. The summed E-state index contributed by atoms with van der Waals surface area (Å²) in [6, 6.07) is -0.0779. The van der Waals surface area contributed by atoms with E-state index in [1.807, 2.05) is 4.90 Å². The van der Waals surface area contributed by atoms with E-state index in [0.29, 0.717) is 18.9 Å². The number of hydrogen-bond acceptors (Lipinski definition) is 3. The van der Waals surface area contributed by atoms with Crippen LogP contribution in [0.15, 0.2) is 0 Å². The van der Waals surface area contributed by atoms with Crippen LogP contribution in [0.4, 0.5) is 0 Å². The van der Waals surface area contributed by atoms with Gasteiger partial charge in [0.15, 0.2) is 0 Å². The van der Waals surface area contributed by atoms with Gasteiger partial charge in [-0.2, -0.15) is 11.8 Å². The number of carbonyl (C=O) groups is 2. The zero-order valence-corrected chi connectivity index (χ0v) is 13.4. The molecule has 1 N–H and O–H groups in total. The summed E-state index contributed by atoms with van der Waals surface area (Å²) in [4.78, 5) is 26.6. The number of nitrogens with one attached hydrogen (secondary N) is 1. The lowest BCUT2D eigenvalue weighted by Crippen LogP contribution is -2.52. The fourth-order valence-corrected chi connectivity index (χ4v) is 4.04. The zero-order chi connectivity index (χ0) is 14.5. The molecule has 0 bridgehead atoms. The third kappa shape index (κ3) is 3.68. The Balaban J connectivity index is 2.11. The highest BCUT2D eigenvalue weighted by Crippen LogP contribution is 2.28. The fraction of sp³-hybridized carbons (Fsp3) is 0.867. The molecule has 0 radical (unpaired) electrons. The van der Waals surface area contributed by atoms with E-state index < -0.39 is 0 Å². The molecule has 20 heavy (non-hydrogen) atoms. The van der Waals surface area contributed by atoms with Crippen LogP contribution in [0.25, 0.3) is 0 Å². The lowest BCUT2D eigenvalue weighted by atomic mass is 9.83. The Kier molecular flexibility index (Phi) is 5.75. The molecule has 2 amide bonds. The normalized spacial score (nSPS) is 27.1. The fourth-order valence-electron chi connectivity index (χ4n) is 3.37. The van der Waals surface area contributed by atoms with Crippen molar-refractivity contribution < 1.29 is 9.59 Å². The topological polar surface area (TPSA) is 49.4 Å². The number of hydrogen-bond donors (Lipinski definition) is 1. The van der Waals surface area contributed by atoms with Crippen molar-refractivity contribution >= 4 is 23.6 Å². The molecular formula is C15H26N2O2S. The van der Waals surface area contributed by atoms with E-state index in [0.717, 1.165) is 18.6 Å². The average molecular weight is 298 g/mol. The maximum atomic E-state index is 12.8. The van der Waals surface area contributed by atoms with Gasteiger partial charge in [0.05, 0.1) is 0 Å². The standard InChI is InChI=1S/C15H26N2O2S/c1-11(10-20-2)17-9-8-13(18)16-14(15(17)19)12-6-4-3-5-7-12/h11-12,14H,3-10H2,1-2H3,(H,16,18). The predicted molar refractivity (Wildman–Crippen MR) is 82.7 cm³/mol. The summed E-state index contributed by atoms with van der Waals surface area (Å²) in [7, 11) is 0. The lowest BCUT2D eigenvalue weighted by Gasteiger charge is -2.34. The van der Waals surface area contributed by atoms with Crippen molar-refractivity contribution in [3.63, 3.8) is 0 Å². The van der Waals surface area contributed by atoms with E-state index in [4.69, 9.17) is 0 Å². The average Bonchev–Trinajstić information content (AvgIpc) is 2.60. The van der Waals surface area contributed by atoms with Crippen LogP contribution in [0.2, 0.25) is 0 Å². The van der Waals surface area contributed by atoms with Crippen LogP contribution < -0.4 is 5.32 Å². The van der Waals surface area contributed by atoms with E-state index in [2.05, 4.69) is 18.5 Å². The lowest BCUT2D eigenvalue weighted by molar-refractivity contribution is -0.136. The maximum absolute atomic E-state index is 12.8. The Morgan fingerprint density at radius 1 is 1.30 bits per heavy atom. The van der Waals surface area contributed by atoms with Gasteiger partial charge in [0.25, 0.3) is 0 Å². The van der Waals surface area contributed by atoms with E-state index >= 15 is 0 Å². The minimum Gasteiger partial charge on any atom is -0.344 e. The molecule has 114 valence electrons. The first kappa shape index (κ1) is 15.7. The van der Waals surface area contributed by atoms with Gasteiger partial charge in [-0.05, 0) is 31.9 Å². The van der Waals surface area contributed by atoms with Gasteiger partial charge in [-0.15, -0.1) is 0 Å². The second kappa shape index (κ2) is 7.34. The number of thioether (sulfide) groups is 1. The Morgan fingerprint density at radius 3 is 2.65 bits per heavy atom. The van der Waals surface area contributed by atoms with Crippen LogP contribution >= 0.6 is 11.8 Å². The predicted octanol–water partition coefficient (Wildman–Crippen LogP) is 2.04. The van der Waals surface area contributed by atoms with Gasteiger partial charge in [-0.3, -0.25) is 9.59 Å². The number of carbonyl (C=O) groups excluding carboxylic acids is 2. The van der Waals surface area contributed by atoms with Gasteiger partial charge in [-0.1, -0.05) is 19.3 Å². The van der Waals surface area contributed by atoms with Crippen molar-refractivity contribution in [1.29, 1.82) is 0 Å². The minimum atomic E-state index is -0.283. The molecule has 1 aliphatic carbocycles. The van der Waals surface area contributed by atoms with Gasteiger partial charge in [0.2, 0.25) is 11.8 Å². The second-order valence-electron chi connectivity index (χ2n) is 6.03. The number of amides is 2. The summed E-state index contributed by atoms with van der Waals surface area (Å²) in [6.45, 7) is 2.65. The van der Waals surface area contributed by atoms with E-state index in [1.165, 1.54) is 19.3 Å². The third-order valence-electron chi connectivity index (χ3n) is 4.51. The van der Waals surface area contributed by atoms with Crippen LogP contribution in [0.3, 0.4) is 0 Å². The first-order valence-corrected chi connectivity index (χ1v) is 9.11. The Labute approximate surface area is 126 Å². The van der Waals surface area contributed by atoms with Crippen molar-refractivity contribution in [2.45, 2.75) is 57.5 Å². The summed E-state index contributed by atoms with van der Waals surface area (Å²) in [6.07, 6.45) is 8.27. The molecule has 0 aromatic rings. The SMILES string of the molecule is CSCC(C)N1CCC(=O)NC(C2CCCCC2)C1=O. The summed E-state index contributed by atoms with van der Waals surface area (Å²) in [5.74, 6) is 1.44. The van der Waals surface area contributed by atoms with E-state index in [9.17, 15) is 9.59 Å². The highest BCUT2D eigenvalue weighted by Gasteiger charge is 2.37. The molecule has 5 heteroatoms. The molecule has 1 saturated carbocycles. The van der Waals surface area contributed by atoms with Crippen molar-refractivity contribution in [1.82, 2.24) is 10.2 Å². The monoisotopic (exact) mass is 298 g/mol. The summed E-state index contributed by atoms with van der Waals surface area (Å²) in [5, 5.41) is 2.99. The van der Waals surface area contributed by atoms with Gasteiger partial charge in [0, 0.05) is 24.8 Å². The van der Waals surface area contributed by atoms with Crippen molar-refractivity contribution in [3.05, 3.63) is 0 Å².